The minimum atomic E-state index is -0.375. The molecule has 2 radical (unpaired) electrons. The zero-order chi connectivity index (χ0) is 35.5. The smallest absolute Gasteiger partial charge is 0.106 e. The van der Waals surface area contributed by atoms with Crippen molar-refractivity contribution in [2.75, 3.05) is 0 Å². The van der Waals surface area contributed by atoms with Gasteiger partial charge in [-0.25, -0.2) is 9.97 Å². The fraction of sp³-hybridized carbons (Fsp3) is 0.350. The van der Waals surface area contributed by atoms with Gasteiger partial charge >= 0.3 is 0 Å². The first-order valence-corrected chi connectivity index (χ1v) is 16.1. The summed E-state index contributed by atoms with van der Waals surface area (Å²) < 4.78 is 0. The molecule has 0 aliphatic rings. The van der Waals surface area contributed by atoms with Crippen molar-refractivity contribution in [2.24, 2.45) is 0 Å². The van der Waals surface area contributed by atoms with Crippen molar-refractivity contribution in [3.8, 4) is 33.8 Å². The number of aliphatic hydroxyl groups excluding tert-OH is 4. The Labute approximate surface area is 325 Å². The third-order valence-electron chi connectivity index (χ3n) is 6.51. The quantitative estimate of drug-likeness (QED) is 0.127. The van der Waals surface area contributed by atoms with Crippen LogP contribution in [0.2, 0.25) is 0 Å². The van der Waals surface area contributed by atoms with Gasteiger partial charge in [-0.1, -0.05) is 63.2 Å². The minimum Gasteiger partial charge on any atom is -0.393 e. The molecule has 0 bridgehead atoms. The zero-order valence-corrected chi connectivity index (χ0v) is 34.6. The third-order valence-corrected chi connectivity index (χ3v) is 6.51. The van der Waals surface area contributed by atoms with Crippen LogP contribution in [-0.2, 0) is 45.6 Å². The normalized spacial score (nSPS) is 12.6. The molecule has 0 saturated heterocycles. The van der Waals surface area contributed by atoms with Crippen molar-refractivity contribution < 1.29 is 60.6 Å². The van der Waals surface area contributed by atoms with Gasteiger partial charge in [-0.2, -0.15) is 0 Å². The van der Waals surface area contributed by atoms with Crippen molar-refractivity contribution >= 4 is 0 Å². The molecule has 50 heavy (non-hydrogen) atoms. The van der Waals surface area contributed by atoms with Crippen molar-refractivity contribution in [3.05, 3.63) is 121 Å². The molecule has 0 aliphatic heterocycles. The molecule has 10 heteroatoms. The largest absolute Gasteiger partial charge is 0.393 e. The van der Waals surface area contributed by atoms with Crippen LogP contribution in [0.3, 0.4) is 0 Å². The van der Waals surface area contributed by atoms with E-state index in [2.05, 4.69) is 52.8 Å². The Hall–Kier alpha value is -3.04. The summed E-state index contributed by atoms with van der Waals surface area (Å²) in [4.78, 5) is 17.2. The van der Waals surface area contributed by atoms with E-state index in [1.165, 1.54) is 0 Å². The zero-order valence-electron chi connectivity index (χ0n) is 29.8. The van der Waals surface area contributed by atoms with Gasteiger partial charge in [0.2, 0.25) is 0 Å². The fourth-order valence-electron chi connectivity index (χ4n) is 4.28. The molecule has 8 nitrogen and oxygen atoms in total. The summed E-state index contributed by atoms with van der Waals surface area (Å²) >= 11 is 0. The van der Waals surface area contributed by atoms with Crippen LogP contribution in [0, 0.1) is 12.1 Å². The van der Waals surface area contributed by atoms with Crippen LogP contribution in [0.15, 0.2) is 104 Å². The van der Waals surface area contributed by atoms with Gasteiger partial charge in [0.25, 0.3) is 0 Å². The van der Waals surface area contributed by atoms with Crippen molar-refractivity contribution in [2.45, 2.75) is 91.1 Å². The summed E-state index contributed by atoms with van der Waals surface area (Å²) in [6.07, 6.45) is 2.66. The summed E-state index contributed by atoms with van der Waals surface area (Å²) in [5.74, 6) is 0. The first-order chi connectivity index (χ1) is 22.8. The van der Waals surface area contributed by atoms with Crippen LogP contribution in [0.1, 0.15) is 67.0 Å². The molecule has 3 aromatic carbocycles. The fourth-order valence-corrected chi connectivity index (χ4v) is 4.28. The van der Waals surface area contributed by atoms with Gasteiger partial charge in [0.05, 0.1) is 30.1 Å². The van der Waals surface area contributed by atoms with Gasteiger partial charge in [0.1, 0.15) is 12.7 Å². The number of hydrogen-bond acceptors (Lipinski definition) is 8. The average Bonchev–Trinajstić information content (AvgIpc) is 3.05. The number of aliphatic hydroxyl groups is 4. The monoisotopic (exact) mass is 1040 g/mol. The topological polar surface area (TPSA) is 132 Å². The first kappa shape index (κ1) is 47.0. The van der Waals surface area contributed by atoms with E-state index in [1.807, 2.05) is 91.0 Å². The Morgan fingerprint density at radius 1 is 0.540 bits per heavy atom. The molecule has 0 aliphatic carbocycles. The molecule has 4 N–H and O–H groups in total. The second-order valence-corrected chi connectivity index (χ2v) is 12.6. The van der Waals surface area contributed by atoms with E-state index in [0.717, 1.165) is 39.5 Å². The SMILES string of the molecule is CC(C)(C)c1cc(-c2[c-]cccc2)ncn1.CC(O)CC(C)O.CC(O)CC(C)O.[Ir].[Ir].[c-]1ccccc1-c1cc(-c2ccccc2)ncn1. The summed E-state index contributed by atoms with van der Waals surface area (Å²) in [5.41, 5.74) is 6.94. The van der Waals surface area contributed by atoms with Gasteiger partial charge in [0, 0.05) is 51.3 Å². The number of aromatic nitrogens is 4. The molecule has 0 fully saturated rings. The predicted molar refractivity (Wildman–Crippen MR) is 193 cm³/mol. The molecular weight excluding hydrogens is 985 g/mol. The van der Waals surface area contributed by atoms with Gasteiger partial charge < -0.3 is 20.4 Å². The van der Waals surface area contributed by atoms with Crippen LogP contribution in [0.5, 0.6) is 0 Å². The molecule has 2 heterocycles. The Kier molecular flexibility index (Phi) is 23.5. The molecule has 0 saturated carbocycles. The first-order valence-electron chi connectivity index (χ1n) is 16.1. The summed E-state index contributed by atoms with van der Waals surface area (Å²) in [7, 11) is 0. The van der Waals surface area contributed by atoms with Crippen LogP contribution >= 0.6 is 0 Å². The van der Waals surface area contributed by atoms with Crippen LogP contribution < -0.4 is 0 Å². The van der Waals surface area contributed by atoms with E-state index in [-0.39, 0.29) is 70.0 Å². The molecule has 2 aromatic heterocycles. The van der Waals surface area contributed by atoms with Gasteiger partial charge in [-0.05, 0) is 57.5 Å². The van der Waals surface area contributed by atoms with E-state index < -0.39 is 0 Å². The van der Waals surface area contributed by atoms with Crippen LogP contribution in [0.4, 0.5) is 0 Å². The average molecular weight is 1040 g/mol. The van der Waals surface area contributed by atoms with E-state index in [4.69, 9.17) is 20.4 Å². The molecule has 0 amide bonds. The van der Waals surface area contributed by atoms with E-state index >= 15 is 0 Å². The minimum absolute atomic E-state index is 0. The van der Waals surface area contributed by atoms with E-state index in [0.29, 0.717) is 12.8 Å². The Morgan fingerprint density at radius 3 is 1.32 bits per heavy atom. The van der Waals surface area contributed by atoms with E-state index in [9.17, 15) is 0 Å². The van der Waals surface area contributed by atoms with Crippen LogP contribution in [0.25, 0.3) is 33.8 Å². The van der Waals surface area contributed by atoms with Gasteiger partial charge in [-0.15, -0.1) is 71.8 Å². The predicted octanol–water partition coefficient (Wildman–Crippen LogP) is 7.12. The molecule has 4 atom stereocenters. The Morgan fingerprint density at radius 2 is 0.940 bits per heavy atom. The maximum absolute atomic E-state index is 8.56. The van der Waals surface area contributed by atoms with Gasteiger partial charge in [0.15, 0.2) is 0 Å². The maximum Gasteiger partial charge on any atom is 0.106 e. The Bertz CT molecular complexity index is 1490. The van der Waals surface area contributed by atoms with Gasteiger partial charge in [-0.3, -0.25) is 9.97 Å². The Balaban J connectivity index is 0.000000688. The molecule has 274 valence electrons. The number of benzene rings is 3. The molecule has 5 aromatic rings. The van der Waals surface area contributed by atoms with Crippen LogP contribution in [-0.4, -0.2) is 64.8 Å². The summed E-state index contributed by atoms with van der Waals surface area (Å²) in [6.45, 7) is 13.1. The second-order valence-electron chi connectivity index (χ2n) is 12.6. The third kappa shape index (κ3) is 19.4. The molecule has 0 spiro atoms. The second kappa shape index (κ2) is 25.0. The van der Waals surface area contributed by atoms with Crippen molar-refractivity contribution in [3.63, 3.8) is 0 Å². The number of hydrogen-bond donors (Lipinski definition) is 4. The van der Waals surface area contributed by atoms with E-state index in [1.54, 1.807) is 40.3 Å². The molecule has 5 rings (SSSR count). The molecular formula is C40H50Ir2N4O4-2. The van der Waals surface area contributed by atoms with Crippen molar-refractivity contribution in [1.82, 2.24) is 19.9 Å². The van der Waals surface area contributed by atoms with Crippen molar-refractivity contribution in [1.29, 1.82) is 0 Å². The standard InChI is InChI=1S/C16H11N2.C14H15N2.2C5H12O2.2Ir/c1-3-7-13(8-4-1)15-11-16(18-12-17-15)14-9-5-2-6-10-14;1-14(2,3)13-9-12(15-10-16-13)11-7-5-4-6-8-11;2*1-4(6)3-5(2)7;;/h1-9,11-12H;4-7,9-10H,1-3H3;2*4-7H,3H2,1-2H3;;/q2*-1;;;;. The summed E-state index contributed by atoms with van der Waals surface area (Å²) in [6, 6.07) is 36.1. The number of nitrogens with zero attached hydrogens (tertiary/aromatic N) is 4. The summed E-state index contributed by atoms with van der Waals surface area (Å²) in [5, 5.41) is 34.3. The number of rotatable bonds is 7. The maximum atomic E-state index is 8.56. The molecule has 4 unspecified atom stereocenters.